The van der Waals surface area contributed by atoms with Gasteiger partial charge < -0.3 is 9.15 Å². The molecule has 0 amide bonds. The molecule has 0 aliphatic heterocycles. The summed E-state index contributed by atoms with van der Waals surface area (Å²) in [6, 6.07) is 9.17. The Kier molecular flexibility index (Phi) is 3.40. The Morgan fingerprint density at radius 3 is 3.05 bits per heavy atom. The van der Waals surface area contributed by atoms with E-state index < -0.39 is 0 Å². The molecular weight excluding hydrogens is 264 g/mol. The zero-order valence-electron chi connectivity index (χ0n) is 11.2. The Balaban J connectivity index is 1.89. The van der Waals surface area contributed by atoms with Gasteiger partial charge in [-0.15, -0.1) is 6.42 Å². The number of aromatic nitrogens is 2. The number of rotatable bonds is 4. The van der Waals surface area contributed by atoms with Gasteiger partial charge in [0, 0.05) is 24.0 Å². The van der Waals surface area contributed by atoms with Crippen LogP contribution in [0.4, 0.5) is 0 Å². The van der Waals surface area contributed by atoms with E-state index in [2.05, 4.69) is 22.5 Å². The van der Waals surface area contributed by atoms with E-state index in [1.54, 1.807) is 12.4 Å². The van der Waals surface area contributed by atoms with Crippen molar-refractivity contribution in [3.05, 3.63) is 54.9 Å². The van der Waals surface area contributed by atoms with Crippen LogP contribution in [-0.2, 0) is 0 Å². The highest BCUT2D eigenvalue weighted by atomic mass is 16.5. The number of terminal acetylenes is 1. The molecular formula is C17H12N2O2. The third-order valence-electron chi connectivity index (χ3n) is 2.88. The molecule has 0 fully saturated rings. The first-order chi connectivity index (χ1) is 10.3. The van der Waals surface area contributed by atoms with E-state index in [1.165, 1.54) is 0 Å². The minimum atomic E-state index is 0.287. The van der Waals surface area contributed by atoms with Gasteiger partial charge in [0.25, 0.3) is 0 Å². The third kappa shape index (κ3) is 2.77. The zero-order chi connectivity index (χ0) is 14.7. The first-order valence-corrected chi connectivity index (χ1v) is 6.34. The van der Waals surface area contributed by atoms with Crippen LogP contribution >= 0.6 is 0 Å². The summed E-state index contributed by atoms with van der Waals surface area (Å²) in [4.78, 5) is 8.50. The maximum atomic E-state index is 5.70. The van der Waals surface area contributed by atoms with Crippen molar-refractivity contribution in [1.82, 2.24) is 9.97 Å². The van der Waals surface area contributed by atoms with Crippen LogP contribution in [0.15, 0.2) is 59.3 Å². The number of hydrogen-bond acceptors (Lipinski definition) is 4. The van der Waals surface area contributed by atoms with Crippen LogP contribution in [0.5, 0.6) is 5.75 Å². The SMILES string of the molecule is C#CC(=C)COc1ccc2oc(-c3cccnc3)nc2c1. The fourth-order valence-electron chi connectivity index (χ4n) is 1.82. The van der Waals surface area contributed by atoms with E-state index >= 15 is 0 Å². The van der Waals surface area contributed by atoms with Crippen LogP contribution in [0.2, 0.25) is 0 Å². The lowest BCUT2D eigenvalue weighted by atomic mass is 10.3. The van der Waals surface area contributed by atoms with E-state index in [-0.39, 0.29) is 6.61 Å². The van der Waals surface area contributed by atoms with Gasteiger partial charge in [0.2, 0.25) is 5.89 Å². The molecule has 102 valence electrons. The highest BCUT2D eigenvalue weighted by Crippen LogP contribution is 2.26. The lowest BCUT2D eigenvalue weighted by molar-refractivity contribution is 0.357. The summed E-state index contributed by atoms with van der Waals surface area (Å²) in [5, 5.41) is 0. The summed E-state index contributed by atoms with van der Waals surface area (Å²) in [5.74, 6) is 3.64. The summed E-state index contributed by atoms with van der Waals surface area (Å²) < 4.78 is 11.2. The average Bonchev–Trinajstić information content (AvgIpc) is 2.96. The van der Waals surface area contributed by atoms with Crippen LogP contribution < -0.4 is 4.74 Å². The van der Waals surface area contributed by atoms with Crippen LogP contribution in [0.1, 0.15) is 0 Å². The first-order valence-electron chi connectivity index (χ1n) is 6.34. The summed E-state index contributed by atoms with van der Waals surface area (Å²) in [5.41, 5.74) is 2.83. The number of fused-ring (bicyclic) bond motifs is 1. The van der Waals surface area contributed by atoms with Gasteiger partial charge >= 0.3 is 0 Å². The molecule has 4 nitrogen and oxygen atoms in total. The summed E-state index contributed by atoms with van der Waals surface area (Å²) >= 11 is 0. The van der Waals surface area contributed by atoms with Crippen molar-refractivity contribution in [2.45, 2.75) is 0 Å². The molecule has 0 radical (unpaired) electrons. The highest BCUT2D eigenvalue weighted by Gasteiger charge is 2.09. The lowest BCUT2D eigenvalue weighted by Gasteiger charge is -2.03. The van der Waals surface area contributed by atoms with Gasteiger partial charge in [-0.05, 0) is 24.3 Å². The Morgan fingerprint density at radius 2 is 2.29 bits per heavy atom. The molecule has 0 saturated heterocycles. The molecule has 0 aliphatic rings. The molecule has 0 bridgehead atoms. The van der Waals surface area contributed by atoms with Crippen molar-refractivity contribution in [2.75, 3.05) is 6.61 Å². The fourth-order valence-corrected chi connectivity index (χ4v) is 1.82. The minimum Gasteiger partial charge on any atom is -0.488 e. The number of hydrogen-bond donors (Lipinski definition) is 0. The first kappa shape index (κ1) is 12.9. The molecule has 3 aromatic rings. The van der Waals surface area contributed by atoms with E-state index in [4.69, 9.17) is 15.6 Å². The summed E-state index contributed by atoms with van der Waals surface area (Å²) in [6.45, 7) is 3.98. The second-order valence-corrected chi connectivity index (χ2v) is 4.43. The van der Waals surface area contributed by atoms with Gasteiger partial charge in [-0.3, -0.25) is 4.98 Å². The van der Waals surface area contributed by atoms with E-state index in [0.717, 1.165) is 11.1 Å². The molecule has 0 spiro atoms. The number of oxazole rings is 1. The maximum absolute atomic E-state index is 5.70. The third-order valence-corrected chi connectivity index (χ3v) is 2.88. The van der Waals surface area contributed by atoms with Crippen molar-refractivity contribution >= 4 is 11.1 Å². The van der Waals surface area contributed by atoms with Gasteiger partial charge in [-0.25, -0.2) is 4.98 Å². The maximum Gasteiger partial charge on any atom is 0.228 e. The monoisotopic (exact) mass is 276 g/mol. The highest BCUT2D eigenvalue weighted by molar-refractivity contribution is 5.77. The topological polar surface area (TPSA) is 48.2 Å². The predicted molar refractivity (Wildman–Crippen MR) is 80.7 cm³/mol. The fraction of sp³-hybridized carbons (Fsp3) is 0.0588. The van der Waals surface area contributed by atoms with Gasteiger partial charge in [0.05, 0.1) is 5.56 Å². The van der Waals surface area contributed by atoms with Crippen molar-refractivity contribution in [3.8, 4) is 29.5 Å². The van der Waals surface area contributed by atoms with Gasteiger partial charge in [-0.1, -0.05) is 12.5 Å². The Hall–Kier alpha value is -3.06. The quantitative estimate of drug-likeness (QED) is 0.685. The molecule has 2 aromatic heterocycles. The molecule has 1 aromatic carbocycles. The molecule has 21 heavy (non-hydrogen) atoms. The molecule has 0 aliphatic carbocycles. The van der Waals surface area contributed by atoms with E-state index in [0.29, 0.717) is 22.8 Å². The van der Waals surface area contributed by atoms with Crippen LogP contribution in [0.3, 0.4) is 0 Å². The predicted octanol–water partition coefficient (Wildman–Crippen LogP) is 3.46. The Labute approximate surface area is 122 Å². The molecule has 0 saturated carbocycles. The summed E-state index contributed by atoms with van der Waals surface area (Å²) in [6.07, 6.45) is 8.64. The van der Waals surface area contributed by atoms with Crippen LogP contribution in [0.25, 0.3) is 22.6 Å². The largest absolute Gasteiger partial charge is 0.488 e. The number of ether oxygens (including phenoxy) is 1. The molecule has 0 atom stereocenters. The zero-order valence-corrected chi connectivity index (χ0v) is 11.2. The Morgan fingerprint density at radius 1 is 1.38 bits per heavy atom. The average molecular weight is 276 g/mol. The molecule has 0 N–H and O–H groups in total. The number of benzene rings is 1. The van der Waals surface area contributed by atoms with Gasteiger partial charge in [0.15, 0.2) is 5.58 Å². The van der Waals surface area contributed by atoms with E-state index in [1.807, 2.05) is 30.3 Å². The van der Waals surface area contributed by atoms with Crippen molar-refractivity contribution < 1.29 is 9.15 Å². The normalized spacial score (nSPS) is 10.2. The number of nitrogens with zero attached hydrogens (tertiary/aromatic N) is 2. The smallest absolute Gasteiger partial charge is 0.228 e. The Bertz CT molecular complexity index is 829. The molecule has 2 heterocycles. The van der Waals surface area contributed by atoms with E-state index in [9.17, 15) is 0 Å². The molecule has 3 rings (SSSR count). The summed E-state index contributed by atoms with van der Waals surface area (Å²) in [7, 11) is 0. The van der Waals surface area contributed by atoms with Crippen LogP contribution in [-0.4, -0.2) is 16.6 Å². The van der Waals surface area contributed by atoms with Gasteiger partial charge in [0.1, 0.15) is 17.9 Å². The number of pyridine rings is 1. The van der Waals surface area contributed by atoms with Crippen LogP contribution in [0, 0.1) is 12.3 Å². The van der Waals surface area contributed by atoms with Crippen molar-refractivity contribution in [3.63, 3.8) is 0 Å². The van der Waals surface area contributed by atoms with Gasteiger partial charge in [-0.2, -0.15) is 0 Å². The standard InChI is InChI=1S/C17H12N2O2/c1-3-12(2)11-20-14-6-7-16-15(9-14)19-17(21-16)13-5-4-8-18-10-13/h1,4-10H,2,11H2. The molecule has 4 heteroatoms. The molecule has 0 unspecified atom stereocenters. The van der Waals surface area contributed by atoms with Crippen molar-refractivity contribution in [2.24, 2.45) is 0 Å². The minimum absolute atomic E-state index is 0.287. The second kappa shape index (κ2) is 5.51. The van der Waals surface area contributed by atoms with Crippen molar-refractivity contribution in [1.29, 1.82) is 0 Å². The second-order valence-electron chi connectivity index (χ2n) is 4.43. The lowest BCUT2D eigenvalue weighted by Crippen LogP contribution is -1.98.